The van der Waals surface area contributed by atoms with Gasteiger partial charge in [-0.1, -0.05) is 29.8 Å². The lowest BCUT2D eigenvalue weighted by atomic mass is 9.98. The lowest BCUT2D eigenvalue weighted by Crippen LogP contribution is -2.53. The number of carbonyl (C=O) groups excluding carboxylic acids is 2. The number of piperidine rings is 1. The van der Waals surface area contributed by atoms with Crippen LogP contribution in [0.2, 0.25) is 0 Å². The first-order valence-corrected chi connectivity index (χ1v) is 8.90. The van der Waals surface area contributed by atoms with Gasteiger partial charge in [-0.2, -0.15) is 0 Å². The molecule has 2 aliphatic rings. The fraction of sp³-hybridized carbons (Fsp3) is 0.579. The van der Waals surface area contributed by atoms with Gasteiger partial charge in [0.15, 0.2) is 0 Å². The smallest absolute Gasteiger partial charge is 0.225 e. The van der Waals surface area contributed by atoms with Gasteiger partial charge in [0, 0.05) is 31.6 Å². The van der Waals surface area contributed by atoms with E-state index in [2.05, 4.69) is 29.7 Å². The molecule has 3 atom stereocenters. The highest BCUT2D eigenvalue weighted by atomic mass is 16.2. The molecule has 0 saturated carbocycles. The van der Waals surface area contributed by atoms with Crippen molar-refractivity contribution in [3.8, 4) is 0 Å². The molecule has 3 unspecified atom stereocenters. The SMILES string of the molecule is Cc1ccc(CN2CC(C(=O)NC3CCCNC3C)CC2=O)cc1. The van der Waals surface area contributed by atoms with Gasteiger partial charge in [0.25, 0.3) is 0 Å². The Kier molecular flexibility index (Phi) is 5.19. The fourth-order valence-corrected chi connectivity index (χ4v) is 3.56. The summed E-state index contributed by atoms with van der Waals surface area (Å²) in [6.45, 7) is 6.27. The Balaban J connectivity index is 1.55. The normalized spacial score (nSPS) is 27.3. The first-order valence-electron chi connectivity index (χ1n) is 8.90. The van der Waals surface area contributed by atoms with Crippen LogP contribution in [-0.4, -0.2) is 41.9 Å². The highest BCUT2D eigenvalue weighted by Gasteiger charge is 2.35. The number of carbonyl (C=O) groups is 2. The summed E-state index contributed by atoms with van der Waals surface area (Å²) in [6.07, 6.45) is 2.41. The summed E-state index contributed by atoms with van der Waals surface area (Å²) in [5.74, 6) is -0.127. The predicted octanol–water partition coefficient (Wildman–Crippen LogP) is 1.60. The van der Waals surface area contributed by atoms with Gasteiger partial charge in [-0.05, 0) is 38.8 Å². The third-order valence-electron chi connectivity index (χ3n) is 5.17. The Bertz CT molecular complexity index is 599. The number of benzene rings is 1. The van der Waals surface area contributed by atoms with Gasteiger partial charge in [0.05, 0.1) is 5.92 Å². The molecular weight excluding hydrogens is 302 g/mol. The molecule has 2 saturated heterocycles. The molecule has 3 rings (SSSR count). The van der Waals surface area contributed by atoms with E-state index in [1.165, 1.54) is 5.56 Å². The fourth-order valence-electron chi connectivity index (χ4n) is 3.56. The van der Waals surface area contributed by atoms with E-state index in [1.54, 1.807) is 4.90 Å². The van der Waals surface area contributed by atoms with Gasteiger partial charge in [0.2, 0.25) is 11.8 Å². The molecule has 0 bridgehead atoms. The Morgan fingerprint density at radius 1 is 1.33 bits per heavy atom. The van der Waals surface area contributed by atoms with E-state index in [9.17, 15) is 9.59 Å². The van der Waals surface area contributed by atoms with Crippen LogP contribution in [0.15, 0.2) is 24.3 Å². The van der Waals surface area contributed by atoms with Gasteiger partial charge in [-0.15, -0.1) is 0 Å². The summed E-state index contributed by atoms with van der Waals surface area (Å²) in [5.41, 5.74) is 2.32. The number of rotatable bonds is 4. The van der Waals surface area contributed by atoms with E-state index in [0.29, 0.717) is 25.6 Å². The van der Waals surface area contributed by atoms with Crippen molar-refractivity contribution in [1.82, 2.24) is 15.5 Å². The number of amides is 2. The summed E-state index contributed by atoms with van der Waals surface area (Å²) in [6, 6.07) is 8.67. The molecule has 0 radical (unpaired) electrons. The number of likely N-dealkylation sites (tertiary alicyclic amines) is 1. The van der Waals surface area contributed by atoms with Gasteiger partial charge in [-0.25, -0.2) is 0 Å². The molecule has 24 heavy (non-hydrogen) atoms. The number of nitrogens with zero attached hydrogens (tertiary/aromatic N) is 1. The van der Waals surface area contributed by atoms with Crippen LogP contribution in [0.25, 0.3) is 0 Å². The monoisotopic (exact) mass is 329 g/mol. The second-order valence-electron chi connectivity index (χ2n) is 7.16. The molecular formula is C19H27N3O2. The van der Waals surface area contributed by atoms with Gasteiger partial charge < -0.3 is 15.5 Å². The molecule has 5 nitrogen and oxygen atoms in total. The highest BCUT2D eigenvalue weighted by Crippen LogP contribution is 2.21. The molecule has 0 spiro atoms. The van der Waals surface area contributed by atoms with Crippen LogP contribution in [0.3, 0.4) is 0 Å². The number of hydrogen-bond acceptors (Lipinski definition) is 3. The number of nitrogens with one attached hydrogen (secondary N) is 2. The summed E-state index contributed by atoms with van der Waals surface area (Å²) >= 11 is 0. The van der Waals surface area contributed by atoms with Crippen molar-refractivity contribution in [1.29, 1.82) is 0 Å². The Morgan fingerprint density at radius 3 is 2.79 bits per heavy atom. The molecule has 2 heterocycles. The van der Waals surface area contributed by atoms with Gasteiger partial charge in [-0.3, -0.25) is 9.59 Å². The third-order valence-corrected chi connectivity index (χ3v) is 5.17. The first-order chi connectivity index (χ1) is 11.5. The predicted molar refractivity (Wildman–Crippen MR) is 93.3 cm³/mol. The van der Waals surface area contributed by atoms with E-state index >= 15 is 0 Å². The third kappa shape index (κ3) is 3.96. The van der Waals surface area contributed by atoms with Crippen LogP contribution in [-0.2, 0) is 16.1 Å². The summed E-state index contributed by atoms with van der Waals surface area (Å²) in [4.78, 5) is 26.6. The van der Waals surface area contributed by atoms with E-state index < -0.39 is 0 Å². The van der Waals surface area contributed by atoms with E-state index in [0.717, 1.165) is 24.9 Å². The van der Waals surface area contributed by atoms with E-state index in [1.807, 2.05) is 19.1 Å². The Morgan fingerprint density at radius 2 is 2.08 bits per heavy atom. The van der Waals surface area contributed by atoms with Crippen molar-refractivity contribution < 1.29 is 9.59 Å². The summed E-state index contributed by atoms with van der Waals surface area (Å²) in [7, 11) is 0. The molecule has 1 aromatic rings. The lowest BCUT2D eigenvalue weighted by molar-refractivity contribution is -0.129. The van der Waals surface area contributed by atoms with E-state index in [4.69, 9.17) is 0 Å². The highest BCUT2D eigenvalue weighted by molar-refractivity contribution is 5.89. The Labute approximate surface area is 143 Å². The summed E-state index contributed by atoms with van der Waals surface area (Å²) < 4.78 is 0. The number of aryl methyl sites for hydroxylation is 1. The van der Waals surface area contributed by atoms with Crippen LogP contribution >= 0.6 is 0 Å². The van der Waals surface area contributed by atoms with Crippen LogP contribution in [0.5, 0.6) is 0 Å². The molecule has 2 aliphatic heterocycles. The maximum atomic E-state index is 12.5. The zero-order chi connectivity index (χ0) is 17.1. The lowest BCUT2D eigenvalue weighted by Gasteiger charge is -2.31. The zero-order valence-corrected chi connectivity index (χ0v) is 14.5. The molecule has 5 heteroatoms. The zero-order valence-electron chi connectivity index (χ0n) is 14.5. The molecule has 1 aromatic carbocycles. The average molecular weight is 329 g/mol. The van der Waals surface area contributed by atoms with Crippen molar-refractivity contribution in [2.45, 2.75) is 51.7 Å². The second-order valence-corrected chi connectivity index (χ2v) is 7.16. The standard InChI is InChI=1S/C19H27N3O2/c1-13-5-7-15(8-6-13)11-22-12-16(10-18(22)23)19(24)21-17-4-3-9-20-14(17)2/h5-8,14,16-17,20H,3-4,9-12H2,1-2H3,(H,21,24). The minimum Gasteiger partial charge on any atom is -0.352 e. The maximum absolute atomic E-state index is 12.5. The average Bonchev–Trinajstić information content (AvgIpc) is 2.93. The van der Waals surface area contributed by atoms with Crippen molar-refractivity contribution >= 4 is 11.8 Å². The van der Waals surface area contributed by atoms with Crippen molar-refractivity contribution in [2.24, 2.45) is 5.92 Å². The van der Waals surface area contributed by atoms with Crippen LogP contribution in [0.1, 0.15) is 37.3 Å². The van der Waals surface area contributed by atoms with Gasteiger partial charge >= 0.3 is 0 Å². The van der Waals surface area contributed by atoms with Crippen LogP contribution in [0, 0.1) is 12.8 Å². The topological polar surface area (TPSA) is 61.4 Å². The first kappa shape index (κ1) is 17.0. The Hall–Kier alpha value is -1.88. The van der Waals surface area contributed by atoms with E-state index in [-0.39, 0.29) is 23.8 Å². The quantitative estimate of drug-likeness (QED) is 0.882. The van der Waals surface area contributed by atoms with Crippen molar-refractivity contribution in [3.63, 3.8) is 0 Å². The molecule has 2 N–H and O–H groups in total. The minimum absolute atomic E-state index is 0.0234. The molecule has 0 aromatic heterocycles. The van der Waals surface area contributed by atoms with Gasteiger partial charge in [0.1, 0.15) is 0 Å². The molecule has 0 aliphatic carbocycles. The summed E-state index contributed by atoms with van der Waals surface area (Å²) in [5, 5.41) is 6.53. The minimum atomic E-state index is -0.225. The molecule has 130 valence electrons. The molecule has 2 fully saturated rings. The maximum Gasteiger partial charge on any atom is 0.225 e. The van der Waals surface area contributed by atoms with Crippen molar-refractivity contribution in [3.05, 3.63) is 35.4 Å². The second kappa shape index (κ2) is 7.34. The van der Waals surface area contributed by atoms with Crippen LogP contribution in [0.4, 0.5) is 0 Å². The number of hydrogen-bond donors (Lipinski definition) is 2. The molecule has 2 amide bonds. The van der Waals surface area contributed by atoms with Crippen LogP contribution < -0.4 is 10.6 Å². The largest absolute Gasteiger partial charge is 0.352 e. The van der Waals surface area contributed by atoms with Crippen molar-refractivity contribution in [2.75, 3.05) is 13.1 Å².